The van der Waals surface area contributed by atoms with Gasteiger partial charge in [0.05, 0.1) is 6.33 Å². The summed E-state index contributed by atoms with van der Waals surface area (Å²) >= 11 is 7.55. The van der Waals surface area contributed by atoms with Gasteiger partial charge in [0.25, 0.3) is 0 Å². The second-order valence-corrected chi connectivity index (χ2v) is 5.23. The number of hydrogen-bond acceptors (Lipinski definition) is 4. The monoisotopic (exact) mass is 437 g/mol. The Bertz CT molecular complexity index is 729. The Balaban J connectivity index is 0.00000116. The zero-order chi connectivity index (χ0) is 16.9. The van der Waals surface area contributed by atoms with Crippen molar-refractivity contribution in [2.45, 2.75) is 20.4 Å². The second-order valence-electron chi connectivity index (χ2n) is 4.84. The van der Waals surface area contributed by atoms with Crippen LogP contribution in [-0.2, 0) is 20.6 Å². The van der Waals surface area contributed by atoms with E-state index in [1.54, 1.807) is 25.0 Å². The quantitative estimate of drug-likeness (QED) is 0.409. The molecule has 0 aliphatic heterocycles. The van der Waals surface area contributed by atoms with E-state index in [9.17, 15) is 4.79 Å². The highest BCUT2D eigenvalue weighted by atomic mass is 127. The van der Waals surface area contributed by atoms with E-state index in [0.717, 1.165) is 31.7 Å². The lowest BCUT2D eigenvalue weighted by Crippen LogP contribution is -2.29. The Morgan fingerprint density at radius 2 is 1.82 bits per heavy atom. The van der Waals surface area contributed by atoms with Crippen LogP contribution in [0.3, 0.4) is 0 Å². The van der Waals surface area contributed by atoms with Crippen LogP contribution in [0.15, 0.2) is 11.1 Å². The fourth-order valence-corrected chi connectivity index (χ4v) is 2.64. The van der Waals surface area contributed by atoms with Crippen molar-refractivity contribution < 1.29 is 0 Å². The number of imidazole rings is 1. The third kappa shape index (κ3) is 3.77. The zero-order valence-corrected chi connectivity index (χ0v) is 16.8. The summed E-state index contributed by atoms with van der Waals surface area (Å²) in [6.45, 7) is 8.11. The number of aryl methyl sites for hydroxylation is 1. The van der Waals surface area contributed by atoms with Crippen LogP contribution in [0.2, 0.25) is 0 Å². The van der Waals surface area contributed by atoms with Crippen molar-refractivity contribution in [3.8, 4) is 0 Å². The van der Waals surface area contributed by atoms with E-state index in [1.807, 2.05) is 9.50 Å². The molecule has 0 fully saturated rings. The third-order valence-electron chi connectivity index (χ3n) is 3.77. The first-order chi connectivity index (χ1) is 10.5. The molecule has 8 heteroatoms. The highest BCUT2D eigenvalue weighted by Crippen LogP contribution is 2.11. The molecule has 0 spiro atoms. The summed E-state index contributed by atoms with van der Waals surface area (Å²) in [5.41, 5.74) is 1.37. The van der Waals surface area contributed by atoms with Gasteiger partial charge in [-0.2, -0.15) is 0 Å². The molecule has 0 aliphatic rings. The zero-order valence-electron chi connectivity index (χ0n) is 13.8. The highest BCUT2D eigenvalue weighted by Gasteiger charge is 2.12. The van der Waals surface area contributed by atoms with Gasteiger partial charge in [0.15, 0.2) is 5.65 Å². The molecule has 2 rings (SSSR count). The predicted molar refractivity (Wildman–Crippen MR) is 103 cm³/mol. The lowest BCUT2D eigenvalue weighted by Gasteiger charge is -2.18. The molecule has 2 heterocycles. The molecule has 0 aliphatic carbocycles. The number of halogens is 1. The van der Waals surface area contributed by atoms with E-state index in [1.165, 1.54) is 4.57 Å². The van der Waals surface area contributed by atoms with Crippen LogP contribution in [-0.4, -0.2) is 48.1 Å². The minimum absolute atomic E-state index is 0.142. The van der Waals surface area contributed by atoms with Gasteiger partial charge in [-0.25, -0.2) is 9.78 Å². The summed E-state index contributed by atoms with van der Waals surface area (Å²) in [5, 5.41) is 0. The molecule has 0 bridgehead atoms. The van der Waals surface area contributed by atoms with E-state index in [-0.39, 0.29) is 5.69 Å². The minimum Gasteiger partial charge on any atom is -0.326 e. The summed E-state index contributed by atoms with van der Waals surface area (Å²) in [4.78, 5) is 20.6. The van der Waals surface area contributed by atoms with E-state index in [2.05, 4.69) is 46.3 Å². The Labute approximate surface area is 149 Å². The lowest BCUT2D eigenvalue weighted by molar-refractivity contribution is 0.292. The Hall–Kier alpha value is -0.740. The van der Waals surface area contributed by atoms with E-state index in [0.29, 0.717) is 10.3 Å². The molecule has 0 atom stereocenters. The van der Waals surface area contributed by atoms with Crippen molar-refractivity contribution in [1.29, 1.82) is 0 Å². The lowest BCUT2D eigenvalue weighted by atomic mass is 10.4. The van der Waals surface area contributed by atoms with Crippen molar-refractivity contribution in [1.82, 2.24) is 23.6 Å². The first-order valence-electron chi connectivity index (χ1n) is 7.22. The fraction of sp³-hybridized carbons (Fsp3) is 0.643. The molecule has 0 aromatic carbocycles. The highest BCUT2D eigenvalue weighted by molar-refractivity contribution is 14.1. The van der Waals surface area contributed by atoms with Crippen LogP contribution in [0.1, 0.15) is 13.8 Å². The maximum atomic E-state index is 12.0. The van der Waals surface area contributed by atoms with Gasteiger partial charge in [0, 0.05) is 27.2 Å². The normalized spacial score (nSPS) is 10.9. The van der Waals surface area contributed by atoms with Crippen molar-refractivity contribution in [3.05, 3.63) is 21.5 Å². The molecule has 0 N–H and O–H groups in total. The Morgan fingerprint density at radius 3 is 2.36 bits per heavy atom. The number of nitrogens with zero attached hydrogens (tertiary/aromatic N) is 5. The van der Waals surface area contributed by atoms with Gasteiger partial charge in [0.1, 0.15) is 10.2 Å². The molecule has 6 nitrogen and oxygen atoms in total. The molecule has 0 saturated carbocycles. The number of rotatable bonds is 5. The molecule has 0 amide bonds. The fourth-order valence-electron chi connectivity index (χ4n) is 2.36. The van der Waals surface area contributed by atoms with E-state index in [4.69, 9.17) is 12.2 Å². The maximum Gasteiger partial charge on any atom is 0.330 e. The van der Waals surface area contributed by atoms with Crippen molar-refractivity contribution in [2.24, 2.45) is 14.1 Å². The van der Waals surface area contributed by atoms with Gasteiger partial charge >= 0.3 is 5.69 Å². The molecule has 0 unspecified atom stereocenters. The van der Waals surface area contributed by atoms with Crippen LogP contribution in [0.5, 0.6) is 0 Å². The number of hydrogen-bond donors (Lipinski definition) is 0. The van der Waals surface area contributed by atoms with Gasteiger partial charge in [0.2, 0.25) is 0 Å². The van der Waals surface area contributed by atoms with Crippen LogP contribution in [0.4, 0.5) is 0 Å². The third-order valence-corrected chi connectivity index (χ3v) is 4.24. The molecule has 2 aromatic heterocycles. The number of fused-ring (bicyclic) bond motifs is 1. The van der Waals surface area contributed by atoms with Crippen molar-refractivity contribution >= 4 is 46.0 Å². The SMILES string of the molecule is CCN(CC)CCn1cnc2c1c(=S)n(C)c(=O)n2C.CI. The van der Waals surface area contributed by atoms with E-state index < -0.39 is 0 Å². The van der Waals surface area contributed by atoms with Crippen molar-refractivity contribution in [2.75, 3.05) is 24.6 Å². The second kappa shape index (κ2) is 8.78. The van der Waals surface area contributed by atoms with Crippen LogP contribution >= 0.6 is 34.8 Å². The Morgan fingerprint density at radius 1 is 1.23 bits per heavy atom. The first-order valence-corrected chi connectivity index (χ1v) is 9.78. The minimum atomic E-state index is -0.142. The standard InChI is InChI=1S/C13H21N5OS.CH3I/c1-5-17(6-2)7-8-18-9-14-11-10(18)12(20)16(4)13(19)15(11)3;1-2/h9H,5-8H2,1-4H3;1H3. The number of alkyl halides is 1. The van der Waals surface area contributed by atoms with Crippen LogP contribution in [0, 0.1) is 4.64 Å². The summed E-state index contributed by atoms with van der Waals surface area (Å²) in [6, 6.07) is 0. The summed E-state index contributed by atoms with van der Waals surface area (Å²) in [6.07, 6.45) is 1.77. The molecule has 124 valence electrons. The largest absolute Gasteiger partial charge is 0.330 e. The van der Waals surface area contributed by atoms with Gasteiger partial charge in [-0.05, 0) is 18.0 Å². The molecule has 0 saturated heterocycles. The molecular formula is C14H24IN5OS. The summed E-state index contributed by atoms with van der Waals surface area (Å²) in [5.74, 6) is 0. The predicted octanol–water partition coefficient (Wildman–Crippen LogP) is 2.20. The molecule has 0 radical (unpaired) electrons. The molecule has 2 aromatic rings. The van der Waals surface area contributed by atoms with Crippen molar-refractivity contribution in [3.63, 3.8) is 0 Å². The van der Waals surface area contributed by atoms with Crippen LogP contribution < -0.4 is 5.69 Å². The van der Waals surface area contributed by atoms with Gasteiger partial charge in [-0.3, -0.25) is 9.13 Å². The topological polar surface area (TPSA) is 48.0 Å². The number of aromatic nitrogens is 4. The first kappa shape index (κ1) is 19.3. The van der Waals surface area contributed by atoms with Gasteiger partial charge in [-0.15, -0.1) is 0 Å². The summed E-state index contributed by atoms with van der Waals surface area (Å²) < 4.78 is 5.61. The number of likely N-dealkylation sites (N-methyl/N-ethyl adjacent to an activating group) is 1. The molecule has 22 heavy (non-hydrogen) atoms. The Kier molecular flexibility index (Phi) is 7.70. The molecular weight excluding hydrogens is 413 g/mol. The van der Waals surface area contributed by atoms with Gasteiger partial charge in [-0.1, -0.05) is 48.7 Å². The van der Waals surface area contributed by atoms with Gasteiger partial charge < -0.3 is 9.47 Å². The van der Waals surface area contributed by atoms with Crippen LogP contribution in [0.25, 0.3) is 11.2 Å². The maximum absolute atomic E-state index is 12.0. The van der Waals surface area contributed by atoms with E-state index >= 15 is 0 Å². The summed E-state index contributed by atoms with van der Waals surface area (Å²) in [7, 11) is 3.42. The smallest absolute Gasteiger partial charge is 0.326 e. The average Bonchev–Trinajstić information content (AvgIpc) is 2.98. The average molecular weight is 437 g/mol.